The van der Waals surface area contributed by atoms with E-state index in [0.717, 1.165) is 25.7 Å². The summed E-state index contributed by atoms with van der Waals surface area (Å²) in [5.74, 6) is 0.503. The van der Waals surface area contributed by atoms with Crippen LogP contribution in [-0.2, 0) is 0 Å². The van der Waals surface area contributed by atoms with E-state index in [0.29, 0.717) is 17.2 Å². The molecule has 1 saturated carbocycles. The van der Waals surface area contributed by atoms with E-state index in [2.05, 4.69) is 5.32 Å². The highest BCUT2D eigenvalue weighted by atomic mass is 32.1. The van der Waals surface area contributed by atoms with Gasteiger partial charge in [0.2, 0.25) is 0 Å². The van der Waals surface area contributed by atoms with Gasteiger partial charge in [-0.2, -0.15) is 0 Å². The standard InChI is InChI=1S/C13H19NO3S/c1-17-10-4-7-18-11(10)12(16)14-8-13(9-15)5-2-3-6-13/h4,7,15H,2-3,5-6,8-9H2,1H3,(H,14,16). The third-order valence-electron chi connectivity index (χ3n) is 3.68. The summed E-state index contributed by atoms with van der Waals surface area (Å²) in [6, 6.07) is 1.79. The molecule has 1 aromatic rings. The molecule has 0 saturated heterocycles. The van der Waals surface area contributed by atoms with E-state index in [-0.39, 0.29) is 17.9 Å². The van der Waals surface area contributed by atoms with Crippen molar-refractivity contribution < 1.29 is 14.6 Å². The highest BCUT2D eigenvalue weighted by Gasteiger charge is 2.33. The number of methoxy groups -OCH3 is 1. The highest BCUT2D eigenvalue weighted by Crippen LogP contribution is 2.37. The molecule has 100 valence electrons. The Balaban J connectivity index is 1.96. The highest BCUT2D eigenvalue weighted by molar-refractivity contribution is 7.12. The number of ether oxygens (including phenoxy) is 1. The molecule has 0 aliphatic heterocycles. The number of amides is 1. The minimum absolute atomic E-state index is 0.110. The molecular weight excluding hydrogens is 250 g/mol. The minimum atomic E-state index is -0.111. The summed E-state index contributed by atoms with van der Waals surface area (Å²) in [5.41, 5.74) is -0.111. The van der Waals surface area contributed by atoms with Crippen LogP contribution < -0.4 is 10.1 Å². The Bertz CT molecular complexity index is 410. The summed E-state index contributed by atoms with van der Waals surface area (Å²) in [6.45, 7) is 0.693. The molecule has 1 amide bonds. The fourth-order valence-corrected chi connectivity index (χ4v) is 3.26. The fourth-order valence-electron chi connectivity index (χ4n) is 2.49. The molecule has 0 atom stereocenters. The molecule has 4 nitrogen and oxygen atoms in total. The summed E-state index contributed by atoms with van der Waals surface area (Å²) >= 11 is 1.37. The lowest BCUT2D eigenvalue weighted by atomic mass is 9.87. The summed E-state index contributed by atoms with van der Waals surface area (Å²) in [5, 5.41) is 14.3. The maximum absolute atomic E-state index is 12.0. The van der Waals surface area contributed by atoms with Crippen LogP contribution in [0.2, 0.25) is 0 Å². The number of carbonyl (C=O) groups excluding carboxylic acids is 1. The predicted molar refractivity (Wildman–Crippen MR) is 71.2 cm³/mol. The molecule has 1 heterocycles. The van der Waals surface area contributed by atoms with Gasteiger partial charge in [-0.25, -0.2) is 0 Å². The molecule has 0 radical (unpaired) electrons. The van der Waals surface area contributed by atoms with Crippen LogP contribution >= 0.6 is 11.3 Å². The lowest BCUT2D eigenvalue weighted by Gasteiger charge is -2.26. The molecule has 1 aromatic heterocycles. The second-order valence-electron chi connectivity index (χ2n) is 4.87. The van der Waals surface area contributed by atoms with Crippen LogP contribution in [0.4, 0.5) is 0 Å². The van der Waals surface area contributed by atoms with E-state index in [9.17, 15) is 9.90 Å². The van der Waals surface area contributed by atoms with Crippen LogP contribution in [0.3, 0.4) is 0 Å². The Morgan fingerprint density at radius 1 is 1.56 bits per heavy atom. The van der Waals surface area contributed by atoms with Gasteiger partial charge in [0.25, 0.3) is 5.91 Å². The first kappa shape index (κ1) is 13.4. The quantitative estimate of drug-likeness (QED) is 0.860. The average Bonchev–Trinajstić information content (AvgIpc) is 3.05. The number of carbonyl (C=O) groups is 1. The average molecular weight is 269 g/mol. The van der Waals surface area contributed by atoms with Crippen molar-refractivity contribution >= 4 is 17.2 Å². The number of hydrogen-bond acceptors (Lipinski definition) is 4. The van der Waals surface area contributed by atoms with Crippen LogP contribution in [0, 0.1) is 5.41 Å². The molecule has 18 heavy (non-hydrogen) atoms. The second kappa shape index (κ2) is 5.71. The van der Waals surface area contributed by atoms with Gasteiger partial charge in [0.1, 0.15) is 10.6 Å². The third-order valence-corrected chi connectivity index (χ3v) is 4.57. The molecule has 0 unspecified atom stereocenters. The Morgan fingerprint density at radius 2 is 2.28 bits per heavy atom. The van der Waals surface area contributed by atoms with Gasteiger partial charge >= 0.3 is 0 Å². The lowest BCUT2D eigenvalue weighted by Crippen LogP contribution is -2.38. The van der Waals surface area contributed by atoms with Gasteiger partial charge in [0.15, 0.2) is 0 Å². The minimum Gasteiger partial charge on any atom is -0.495 e. The van der Waals surface area contributed by atoms with E-state index in [1.54, 1.807) is 13.2 Å². The number of nitrogens with one attached hydrogen (secondary N) is 1. The summed E-state index contributed by atoms with van der Waals surface area (Å²) in [4.78, 5) is 12.6. The van der Waals surface area contributed by atoms with Crippen molar-refractivity contribution in [2.24, 2.45) is 5.41 Å². The van der Waals surface area contributed by atoms with E-state index < -0.39 is 0 Å². The second-order valence-corrected chi connectivity index (χ2v) is 5.78. The van der Waals surface area contributed by atoms with Crippen LogP contribution in [0.15, 0.2) is 11.4 Å². The molecule has 1 fully saturated rings. The van der Waals surface area contributed by atoms with Crippen LogP contribution in [-0.4, -0.2) is 31.3 Å². The van der Waals surface area contributed by atoms with E-state index in [4.69, 9.17) is 4.74 Å². The van der Waals surface area contributed by atoms with E-state index in [1.165, 1.54) is 11.3 Å². The van der Waals surface area contributed by atoms with Crippen molar-refractivity contribution in [2.45, 2.75) is 25.7 Å². The molecule has 5 heteroatoms. The monoisotopic (exact) mass is 269 g/mol. The smallest absolute Gasteiger partial charge is 0.265 e. The number of rotatable bonds is 5. The van der Waals surface area contributed by atoms with Gasteiger partial charge in [0, 0.05) is 12.0 Å². The Kier molecular flexibility index (Phi) is 4.24. The summed E-state index contributed by atoms with van der Waals surface area (Å²) in [7, 11) is 1.56. The third kappa shape index (κ3) is 2.67. The van der Waals surface area contributed by atoms with Gasteiger partial charge < -0.3 is 15.2 Å². The van der Waals surface area contributed by atoms with Crippen LogP contribution in [0.1, 0.15) is 35.4 Å². The molecule has 0 aromatic carbocycles. The molecule has 2 rings (SSSR count). The van der Waals surface area contributed by atoms with Gasteiger partial charge in [-0.05, 0) is 24.3 Å². The van der Waals surface area contributed by atoms with Crippen molar-refractivity contribution in [3.8, 4) is 5.75 Å². The number of aliphatic hydroxyl groups excluding tert-OH is 1. The van der Waals surface area contributed by atoms with Crippen molar-refractivity contribution in [1.29, 1.82) is 0 Å². The zero-order chi connectivity index (χ0) is 13.0. The summed E-state index contributed by atoms with van der Waals surface area (Å²) in [6.07, 6.45) is 4.26. The predicted octanol–water partition coefficient (Wildman–Crippen LogP) is 2.04. The Hall–Kier alpha value is -1.07. The molecule has 0 spiro atoms. The molecule has 0 bridgehead atoms. The first-order valence-electron chi connectivity index (χ1n) is 6.21. The zero-order valence-corrected chi connectivity index (χ0v) is 11.4. The maximum atomic E-state index is 12.0. The van der Waals surface area contributed by atoms with Crippen LogP contribution in [0.5, 0.6) is 5.75 Å². The zero-order valence-electron chi connectivity index (χ0n) is 10.6. The Labute approximate surface area is 111 Å². The van der Waals surface area contributed by atoms with Crippen molar-refractivity contribution in [3.63, 3.8) is 0 Å². The Morgan fingerprint density at radius 3 is 2.89 bits per heavy atom. The summed E-state index contributed by atoms with van der Waals surface area (Å²) < 4.78 is 5.13. The molecule has 2 N–H and O–H groups in total. The van der Waals surface area contributed by atoms with Crippen molar-refractivity contribution in [2.75, 3.05) is 20.3 Å². The van der Waals surface area contributed by atoms with E-state index >= 15 is 0 Å². The van der Waals surface area contributed by atoms with Crippen molar-refractivity contribution in [1.82, 2.24) is 5.32 Å². The first-order chi connectivity index (χ1) is 8.71. The van der Waals surface area contributed by atoms with Gasteiger partial charge in [-0.3, -0.25) is 4.79 Å². The first-order valence-corrected chi connectivity index (χ1v) is 7.09. The van der Waals surface area contributed by atoms with Gasteiger partial charge in [-0.1, -0.05) is 12.8 Å². The number of thiophene rings is 1. The van der Waals surface area contributed by atoms with Gasteiger partial charge in [0.05, 0.1) is 13.7 Å². The maximum Gasteiger partial charge on any atom is 0.265 e. The molecular formula is C13H19NO3S. The van der Waals surface area contributed by atoms with Crippen LogP contribution in [0.25, 0.3) is 0 Å². The largest absolute Gasteiger partial charge is 0.495 e. The van der Waals surface area contributed by atoms with Crippen molar-refractivity contribution in [3.05, 3.63) is 16.3 Å². The van der Waals surface area contributed by atoms with Gasteiger partial charge in [-0.15, -0.1) is 11.3 Å². The topological polar surface area (TPSA) is 58.6 Å². The SMILES string of the molecule is COc1ccsc1C(=O)NCC1(CO)CCCC1. The normalized spacial score (nSPS) is 17.7. The lowest BCUT2D eigenvalue weighted by molar-refractivity contribution is 0.0882. The van der Waals surface area contributed by atoms with E-state index in [1.807, 2.05) is 5.38 Å². The molecule has 1 aliphatic carbocycles. The molecule has 1 aliphatic rings. The number of hydrogen-bond donors (Lipinski definition) is 2. The number of aliphatic hydroxyl groups is 1. The fraction of sp³-hybridized carbons (Fsp3) is 0.615.